The Morgan fingerprint density at radius 2 is 1.92 bits per heavy atom. The second kappa shape index (κ2) is 10.3. The molecular formula is C26H32F4N4O3Si. The third-order valence-corrected chi connectivity index (χ3v) is 8.59. The van der Waals surface area contributed by atoms with Crippen molar-refractivity contribution in [3.8, 4) is 0 Å². The molecule has 7 nitrogen and oxygen atoms in total. The fraction of sp³-hybridized carbons (Fsp3) is 0.462. The van der Waals surface area contributed by atoms with E-state index in [-0.39, 0.29) is 18.0 Å². The lowest BCUT2D eigenvalue weighted by Gasteiger charge is -2.26. The van der Waals surface area contributed by atoms with Crippen LogP contribution in [0.3, 0.4) is 0 Å². The van der Waals surface area contributed by atoms with E-state index in [4.69, 9.17) is 15.2 Å². The van der Waals surface area contributed by atoms with Crippen molar-refractivity contribution in [1.82, 2.24) is 14.5 Å². The molecule has 1 amide bonds. The number of nitrogen functional groups attached to an aromatic ring is 1. The summed E-state index contributed by atoms with van der Waals surface area (Å²) in [6.07, 6.45) is -4.67. The molecule has 1 atom stereocenters. The first-order valence-corrected chi connectivity index (χ1v) is 16.0. The molecule has 1 aromatic carbocycles. The minimum absolute atomic E-state index is 0.0282. The van der Waals surface area contributed by atoms with Gasteiger partial charge in [-0.25, -0.2) is 9.37 Å². The van der Waals surface area contributed by atoms with Gasteiger partial charge in [-0.2, -0.15) is 13.2 Å². The highest BCUT2D eigenvalue weighted by atomic mass is 28.3. The number of carbonyl (C=O) groups excluding carboxylic acids is 1. The summed E-state index contributed by atoms with van der Waals surface area (Å²) in [5, 5.41) is 0. The molecule has 0 bridgehead atoms. The monoisotopic (exact) mass is 552 g/mol. The van der Waals surface area contributed by atoms with E-state index in [0.717, 1.165) is 29.3 Å². The van der Waals surface area contributed by atoms with Crippen molar-refractivity contribution in [3.63, 3.8) is 0 Å². The molecule has 1 aliphatic heterocycles. The molecule has 3 aromatic rings. The van der Waals surface area contributed by atoms with Gasteiger partial charge in [-0.05, 0) is 31.2 Å². The number of halogens is 4. The fourth-order valence-electron chi connectivity index (χ4n) is 4.46. The average molecular weight is 553 g/mol. The molecule has 0 saturated heterocycles. The van der Waals surface area contributed by atoms with E-state index < -0.39 is 37.6 Å². The summed E-state index contributed by atoms with van der Waals surface area (Å²) in [6, 6.07) is 4.02. The Hall–Kier alpha value is -2.96. The summed E-state index contributed by atoms with van der Waals surface area (Å²) in [5.74, 6) is -1.17. The molecule has 4 rings (SSSR count). The molecule has 1 unspecified atom stereocenters. The number of fused-ring (bicyclic) bond motifs is 3. The summed E-state index contributed by atoms with van der Waals surface area (Å²) in [6.45, 7) is 9.52. The second-order valence-electron chi connectivity index (χ2n) is 10.8. The van der Waals surface area contributed by atoms with Crippen LogP contribution in [0.2, 0.25) is 25.7 Å². The molecule has 38 heavy (non-hydrogen) atoms. The Kier molecular flexibility index (Phi) is 7.61. The quantitative estimate of drug-likeness (QED) is 0.212. The van der Waals surface area contributed by atoms with Crippen molar-refractivity contribution in [2.45, 2.75) is 64.8 Å². The molecule has 2 aromatic heterocycles. The van der Waals surface area contributed by atoms with Crippen molar-refractivity contribution in [1.29, 1.82) is 0 Å². The van der Waals surface area contributed by atoms with Crippen LogP contribution in [0.4, 0.5) is 23.4 Å². The van der Waals surface area contributed by atoms with Crippen LogP contribution < -0.4 is 5.73 Å². The Morgan fingerprint density at radius 1 is 1.24 bits per heavy atom. The summed E-state index contributed by atoms with van der Waals surface area (Å²) in [7, 11) is 0.131. The van der Waals surface area contributed by atoms with E-state index >= 15 is 0 Å². The Balaban J connectivity index is 1.69. The zero-order valence-corrected chi connectivity index (χ0v) is 23.1. The number of hydrogen-bond donors (Lipinski definition) is 1. The first kappa shape index (κ1) is 28.1. The summed E-state index contributed by atoms with van der Waals surface area (Å²) in [4.78, 5) is 19.5. The molecule has 0 fully saturated rings. The number of nitrogens with two attached hydrogens (primary N) is 1. The Labute approximate surface area is 219 Å². The molecule has 2 N–H and O–H groups in total. The number of benzene rings is 1. The summed E-state index contributed by atoms with van der Waals surface area (Å²) >= 11 is 0. The zero-order valence-electron chi connectivity index (χ0n) is 22.1. The van der Waals surface area contributed by atoms with Crippen LogP contribution >= 0.6 is 0 Å². The van der Waals surface area contributed by atoms with Crippen LogP contribution in [0.25, 0.3) is 11.0 Å². The van der Waals surface area contributed by atoms with Gasteiger partial charge in [0.05, 0.1) is 35.9 Å². The van der Waals surface area contributed by atoms with Crippen molar-refractivity contribution in [3.05, 3.63) is 58.0 Å². The van der Waals surface area contributed by atoms with Gasteiger partial charge in [0.2, 0.25) is 0 Å². The zero-order chi connectivity index (χ0) is 28.0. The third kappa shape index (κ3) is 5.57. The van der Waals surface area contributed by atoms with Gasteiger partial charge in [0.15, 0.2) is 0 Å². The number of nitrogens with zero attached hydrogens (tertiary/aromatic N) is 3. The number of carbonyl (C=O) groups is 1. The van der Waals surface area contributed by atoms with Crippen LogP contribution in [0, 0.1) is 5.82 Å². The van der Waals surface area contributed by atoms with E-state index in [1.54, 1.807) is 17.6 Å². The van der Waals surface area contributed by atoms with Gasteiger partial charge < -0.3 is 24.7 Å². The lowest BCUT2D eigenvalue weighted by atomic mass is 10.0. The van der Waals surface area contributed by atoms with Gasteiger partial charge in [-0.3, -0.25) is 4.79 Å². The minimum atomic E-state index is -4.67. The first-order chi connectivity index (χ1) is 17.7. The summed E-state index contributed by atoms with van der Waals surface area (Å²) in [5.41, 5.74) is 8.08. The van der Waals surface area contributed by atoms with Gasteiger partial charge in [-0.15, -0.1) is 0 Å². The van der Waals surface area contributed by atoms with Gasteiger partial charge in [0, 0.05) is 38.4 Å². The smallest absolute Gasteiger partial charge is 0.383 e. The highest BCUT2D eigenvalue weighted by Crippen LogP contribution is 2.35. The number of anilines is 1. The molecule has 1 aliphatic rings. The van der Waals surface area contributed by atoms with Crippen molar-refractivity contribution in [2.24, 2.45) is 0 Å². The average Bonchev–Trinajstić information content (AvgIpc) is 3.44. The molecule has 0 aliphatic carbocycles. The predicted octanol–water partition coefficient (Wildman–Crippen LogP) is 5.95. The van der Waals surface area contributed by atoms with Crippen LogP contribution in [-0.4, -0.2) is 42.1 Å². The highest BCUT2D eigenvalue weighted by molar-refractivity contribution is 6.76. The fourth-order valence-corrected chi connectivity index (χ4v) is 5.21. The Morgan fingerprint density at radius 3 is 2.55 bits per heavy atom. The number of amides is 1. The second-order valence-corrected chi connectivity index (χ2v) is 16.4. The first-order valence-electron chi connectivity index (χ1n) is 12.3. The van der Waals surface area contributed by atoms with Gasteiger partial charge >= 0.3 is 6.18 Å². The number of rotatable bonds is 8. The SMILES string of the molecule is CC(c1ccc(C(F)(F)F)cc1F)N(C)C(=O)c1cc2nc(N)c3c(c2n1COCC[Si](C)(C)C)COC3. The minimum Gasteiger partial charge on any atom is -0.383 e. The van der Waals surface area contributed by atoms with Crippen LogP contribution in [0.15, 0.2) is 24.3 Å². The van der Waals surface area contributed by atoms with Crippen molar-refractivity contribution < 1.29 is 31.8 Å². The van der Waals surface area contributed by atoms with E-state index in [1.165, 1.54) is 11.9 Å². The predicted molar refractivity (Wildman–Crippen MR) is 139 cm³/mol. The lowest BCUT2D eigenvalue weighted by molar-refractivity contribution is -0.137. The highest BCUT2D eigenvalue weighted by Gasteiger charge is 2.33. The van der Waals surface area contributed by atoms with E-state index in [2.05, 4.69) is 24.6 Å². The van der Waals surface area contributed by atoms with E-state index in [0.29, 0.717) is 42.7 Å². The van der Waals surface area contributed by atoms with Gasteiger partial charge in [0.1, 0.15) is 24.1 Å². The topological polar surface area (TPSA) is 82.6 Å². The number of ether oxygens (including phenoxy) is 2. The third-order valence-electron chi connectivity index (χ3n) is 6.88. The van der Waals surface area contributed by atoms with Crippen molar-refractivity contribution >= 4 is 30.8 Å². The number of hydrogen-bond acceptors (Lipinski definition) is 5. The largest absolute Gasteiger partial charge is 0.416 e. The maximum atomic E-state index is 14.7. The molecule has 206 valence electrons. The summed E-state index contributed by atoms with van der Waals surface area (Å²) < 4.78 is 67.0. The molecule has 0 radical (unpaired) electrons. The molecule has 0 spiro atoms. The molecule has 12 heteroatoms. The van der Waals surface area contributed by atoms with Gasteiger partial charge in [-0.1, -0.05) is 25.7 Å². The van der Waals surface area contributed by atoms with Gasteiger partial charge in [0.25, 0.3) is 5.91 Å². The van der Waals surface area contributed by atoms with Crippen molar-refractivity contribution in [2.75, 3.05) is 19.4 Å². The number of pyridine rings is 1. The number of aromatic nitrogens is 2. The lowest BCUT2D eigenvalue weighted by Crippen LogP contribution is -2.32. The van der Waals surface area contributed by atoms with E-state index in [9.17, 15) is 22.4 Å². The molecule has 3 heterocycles. The normalized spacial score (nSPS) is 14.7. The molecular weight excluding hydrogens is 520 g/mol. The van der Waals surface area contributed by atoms with Crippen LogP contribution in [0.1, 0.15) is 45.7 Å². The standard InChI is InChI=1S/C26H32F4N4O3Si/c1-15(17-7-6-16(10-20(17)27)26(28,29)30)33(2)25(35)22-11-21-23(18-12-37-13-19(18)24(31)32-21)34(22)14-36-8-9-38(3,4)5/h6-7,10-11,15H,8-9,12-14H2,1-5H3,(H2,31,32). The number of alkyl halides is 3. The maximum absolute atomic E-state index is 14.7. The van der Waals surface area contributed by atoms with E-state index in [1.807, 2.05) is 0 Å². The van der Waals surface area contributed by atoms with Crippen LogP contribution in [-0.2, 0) is 35.6 Å². The Bertz CT molecular complexity index is 1370. The van der Waals surface area contributed by atoms with Crippen LogP contribution in [0.5, 0.6) is 0 Å². The maximum Gasteiger partial charge on any atom is 0.416 e. The molecule has 0 saturated carbocycles.